The molecule has 4 aromatic rings. The van der Waals surface area contributed by atoms with Crippen molar-refractivity contribution in [3.63, 3.8) is 0 Å². The van der Waals surface area contributed by atoms with E-state index in [0.717, 1.165) is 5.56 Å². The van der Waals surface area contributed by atoms with Crippen molar-refractivity contribution in [1.82, 2.24) is 14.5 Å². The van der Waals surface area contributed by atoms with Gasteiger partial charge in [-0.15, -0.1) is 0 Å². The molecule has 0 aliphatic rings. The van der Waals surface area contributed by atoms with E-state index >= 15 is 0 Å². The van der Waals surface area contributed by atoms with Gasteiger partial charge in [0.25, 0.3) is 11.5 Å². The number of anilines is 1. The molecule has 0 saturated heterocycles. The van der Waals surface area contributed by atoms with E-state index < -0.39 is 0 Å². The van der Waals surface area contributed by atoms with Crippen LogP contribution in [-0.4, -0.2) is 20.4 Å². The monoisotopic (exact) mass is 404 g/mol. The predicted octanol–water partition coefficient (Wildman–Crippen LogP) is 4.30. The molecule has 0 atom stereocenters. The van der Waals surface area contributed by atoms with Crippen molar-refractivity contribution < 1.29 is 4.79 Å². The molecule has 6 nitrogen and oxygen atoms in total. The largest absolute Gasteiger partial charge is 0.322 e. The highest BCUT2D eigenvalue weighted by atomic mass is 35.5. The highest BCUT2D eigenvalue weighted by Gasteiger charge is 2.14. The molecular weight excluding hydrogens is 388 g/mol. The number of rotatable bonds is 3. The van der Waals surface area contributed by atoms with Crippen LogP contribution in [0.1, 0.15) is 21.7 Å². The molecule has 0 aliphatic heterocycles. The Labute approximate surface area is 171 Å². The van der Waals surface area contributed by atoms with E-state index in [4.69, 9.17) is 11.6 Å². The fourth-order valence-electron chi connectivity index (χ4n) is 3.19. The molecule has 7 heteroatoms. The highest BCUT2D eigenvalue weighted by Crippen LogP contribution is 2.22. The van der Waals surface area contributed by atoms with Gasteiger partial charge >= 0.3 is 0 Å². The topological polar surface area (TPSA) is 76.9 Å². The van der Waals surface area contributed by atoms with E-state index in [9.17, 15) is 9.59 Å². The van der Waals surface area contributed by atoms with Gasteiger partial charge in [0.1, 0.15) is 5.82 Å². The molecule has 4 rings (SSSR count). The Morgan fingerprint density at radius 2 is 1.86 bits per heavy atom. The molecule has 2 aromatic carbocycles. The van der Waals surface area contributed by atoms with Crippen molar-refractivity contribution in [3.8, 4) is 5.69 Å². The SMILES string of the molecule is Cc1cc(-n2c(C)nc3ncccc3c2=O)ccc1NC(=O)c1ccccc1Cl. The van der Waals surface area contributed by atoms with Crippen molar-refractivity contribution in [2.24, 2.45) is 0 Å². The van der Waals surface area contributed by atoms with Gasteiger partial charge in [-0.3, -0.25) is 14.2 Å². The Hall–Kier alpha value is -3.51. The molecule has 0 radical (unpaired) electrons. The van der Waals surface area contributed by atoms with Gasteiger partial charge < -0.3 is 5.32 Å². The van der Waals surface area contributed by atoms with Crippen LogP contribution in [0.2, 0.25) is 5.02 Å². The minimum absolute atomic E-state index is 0.187. The molecule has 1 amide bonds. The molecule has 2 aromatic heterocycles. The molecule has 0 spiro atoms. The lowest BCUT2D eigenvalue weighted by Crippen LogP contribution is -2.23. The number of carbonyl (C=O) groups is 1. The Morgan fingerprint density at radius 1 is 1.07 bits per heavy atom. The smallest absolute Gasteiger partial charge is 0.267 e. The maximum absolute atomic E-state index is 12.9. The number of hydrogen-bond acceptors (Lipinski definition) is 4. The number of aromatic nitrogens is 3. The van der Waals surface area contributed by atoms with Gasteiger partial charge in [0.05, 0.1) is 21.7 Å². The number of pyridine rings is 1. The van der Waals surface area contributed by atoms with Crippen LogP contribution in [0.3, 0.4) is 0 Å². The molecule has 0 unspecified atom stereocenters. The van der Waals surface area contributed by atoms with Gasteiger partial charge in [-0.2, -0.15) is 0 Å². The molecule has 29 heavy (non-hydrogen) atoms. The minimum Gasteiger partial charge on any atom is -0.322 e. The predicted molar refractivity (Wildman–Crippen MR) is 114 cm³/mol. The lowest BCUT2D eigenvalue weighted by molar-refractivity contribution is 0.102. The van der Waals surface area contributed by atoms with Gasteiger partial charge in [-0.05, 0) is 61.9 Å². The summed E-state index contributed by atoms with van der Waals surface area (Å²) in [4.78, 5) is 34.1. The number of nitrogens with zero attached hydrogens (tertiary/aromatic N) is 3. The first-order chi connectivity index (χ1) is 14.0. The van der Waals surface area contributed by atoms with Crippen molar-refractivity contribution >= 4 is 34.2 Å². The average Bonchev–Trinajstić information content (AvgIpc) is 2.70. The lowest BCUT2D eigenvalue weighted by Gasteiger charge is -2.14. The van der Waals surface area contributed by atoms with Crippen LogP contribution in [0, 0.1) is 13.8 Å². The zero-order valence-corrected chi connectivity index (χ0v) is 16.6. The van der Waals surface area contributed by atoms with E-state index in [1.54, 1.807) is 61.7 Å². The van der Waals surface area contributed by atoms with Gasteiger partial charge in [0.2, 0.25) is 0 Å². The van der Waals surface area contributed by atoms with E-state index in [0.29, 0.717) is 38.8 Å². The zero-order chi connectivity index (χ0) is 20.5. The standard InChI is InChI=1S/C22H17ClN4O2/c1-13-12-15(27-14(2)25-20-17(22(27)29)7-5-11-24-20)9-10-19(13)26-21(28)16-6-3-4-8-18(16)23/h3-12H,1-2H3,(H,26,28). The summed E-state index contributed by atoms with van der Waals surface area (Å²) in [7, 11) is 0. The lowest BCUT2D eigenvalue weighted by atomic mass is 10.1. The Kier molecular flexibility index (Phi) is 4.86. The third-order valence-corrected chi connectivity index (χ3v) is 4.98. The summed E-state index contributed by atoms with van der Waals surface area (Å²) in [5.41, 5.74) is 2.75. The number of nitrogens with one attached hydrogen (secondary N) is 1. The normalized spacial score (nSPS) is 10.9. The Morgan fingerprint density at radius 3 is 2.62 bits per heavy atom. The second-order valence-corrected chi connectivity index (χ2v) is 7.01. The maximum Gasteiger partial charge on any atom is 0.267 e. The van der Waals surface area contributed by atoms with Crippen molar-refractivity contribution in [2.45, 2.75) is 13.8 Å². The minimum atomic E-state index is -0.293. The number of amides is 1. The fourth-order valence-corrected chi connectivity index (χ4v) is 3.41. The van der Waals surface area contributed by atoms with Crippen LogP contribution in [0.5, 0.6) is 0 Å². The summed E-state index contributed by atoms with van der Waals surface area (Å²) in [6.45, 7) is 3.63. The van der Waals surface area contributed by atoms with Crippen LogP contribution in [0.4, 0.5) is 5.69 Å². The number of fused-ring (bicyclic) bond motifs is 1. The summed E-state index contributed by atoms with van der Waals surface area (Å²) in [5, 5.41) is 3.71. The summed E-state index contributed by atoms with van der Waals surface area (Å²) < 4.78 is 1.54. The van der Waals surface area contributed by atoms with Gasteiger partial charge in [-0.1, -0.05) is 23.7 Å². The van der Waals surface area contributed by atoms with E-state index in [-0.39, 0.29) is 11.5 Å². The van der Waals surface area contributed by atoms with Crippen molar-refractivity contribution in [2.75, 3.05) is 5.32 Å². The first-order valence-electron chi connectivity index (χ1n) is 8.97. The summed E-state index contributed by atoms with van der Waals surface area (Å²) in [5.74, 6) is 0.242. The van der Waals surface area contributed by atoms with Gasteiger partial charge in [0, 0.05) is 11.9 Å². The first-order valence-corrected chi connectivity index (χ1v) is 9.35. The average molecular weight is 405 g/mol. The highest BCUT2D eigenvalue weighted by molar-refractivity contribution is 6.34. The zero-order valence-electron chi connectivity index (χ0n) is 15.8. The summed E-state index contributed by atoms with van der Waals surface area (Å²) >= 11 is 6.10. The van der Waals surface area contributed by atoms with Crippen LogP contribution in [-0.2, 0) is 0 Å². The van der Waals surface area contributed by atoms with Crippen molar-refractivity contribution in [3.05, 3.63) is 93.1 Å². The van der Waals surface area contributed by atoms with Crippen LogP contribution in [0.15, 0.2) is 65.6 Å². The molecule has 144 valence electrons. The molecule has 0 aliphatic carbocycles. The quantitative estimate of drug-likeness (QED) is 0.552. The van der Waals surface area contributed by atoms with Crippen LogP contribution < -0.4 is 10.9 Å². The molecule has 0 fully saturated rings. The molecular formula is C22H17ClN4O2. The van der Waals surface area contributed by atoms with E-state index in [2.05, 4.69) is 15.3 Å². The van der Waals surface area contributed by atoms with Crippen LogP contribution >= 0.6 is 11.6 Å². The van der Waals surface area contributed by atoms with Gasteiger partial charge in [-0.25, -0.2) is 9.97 Å². The molecule has 1 N–H and O–H groups in total. The summed E-state index contributed by atoms with van der Waals surface area (Å²) in [6, 6.07) is 15.6. The summed E-state index contributed by atoms with van der Waals surface area (Å²) in [6.07, 6.45) is 1.61. The van der Waals surface area contributed by atoms with E-state index in [1.165, 1.54) is 4.57 Å². The number of halogens is 1. The van der Waals surface area contributed by atoms with Crippen LogP contribution in [0.25, 0.3) is 16.7 Å². The third-order valence-electron chi connectivity index (χ3n) is 4.65. The molecule has 2 heterocycles. The second-order valence-electron chi connectivity index (χ2n) is 6.61. The maximum atomic E-state index is 12.9. The Balaban J connectivity index is 1.71. The fraction of sp³-hybridized carbons (Fsp3) is 0.0909. The van der Waals surface area contributed by atoms with Crippen molar-refractivity contribution in [1.29, 1.82) is 0 Å². The van der Waals surface area contributed by atoms with E-state index in [1.807, 2.05) is 13.0 Å². The number of hydrogen-bond donors (Lipinski definition) is 1. The number of aryl methyl sites for hydroxylation is 2. The molecule has 0 saturated carbocycles. The second kappa shape index (κ2) is 7.48. The van der Waals surface area contributed by atoms with Gasteiger partial charge in [0.15, 0.2) is 5.65 Å². The first kappa shape index (κ1) is 18.8. The molecule has 0 bridgehead atoms. The third kappa shape index (κ3) is 3.50. The Bertz CT molecular complexity index is 1310. The number of carbonyl (C=O) groups excluding carboxylic acids is 1. The number of benzene rings is 2.